The number of nitrogens with zero attached hydrogens (tertiary/aromatic N) is 3. The lowest BCUT2D eigenvalue weighted by Gasteiger charge is -2.40. The summed E-state index contributed by atoms with van der Waals surface area (Å²) in [5, 5.41) is 3.89. The normalized spacial score (nSPS) is 21.8. The highest BCUT2D eigenvalue weighted by molar-refractivity contribution is 7.89. The maximum Gasteiger partial charge on any atom is 0.241 e. The van der Waals surface area contributed by atoms with E-state index in [1.807, 2.05) is 34.9 Å². The Bertz CT molecular complexity index is 1600. The van der Waals surface area contributed by atoms with Gasteiger partial charge >= 0.3 is 0 Å². The molecule has 10 nitrogen and oxygen atoms in total. The van der Waals surface area contributed by atoms with Crippen molar-refractivity contribution in [3.63, 3.8) is 0 Å². The van der Waals surface area contributed by atoms with E-state index in [9.17, 15) is 22.8 Å². The van der Waals surface area contributed by atoms with Crippen LogP contribution in [0.3, 0.4) is 0 Å². The molecule has 12 heteroatoms. The Morgan fingerprint density at radius 1 is 0.959 bits per heavy atom. The third-order valence-corrected chi connectivity index (χ3v) is 12.3. The summed E-state index contributed by atoms with van der Waals surface area (Å²) in [6.07, 6.45) is 6.33. The number of aryl methyl sites for hydroxylation is 1. The average molecular weight is 714 g/mol. The van der Waals surface area contributed by atoms with Gasteiger partial charge in [-0.3, -0.25) is 19.3 Å². The molecule has 3 saturated heterocycles. The molecular formula is C37H52ClN5O5S. The van der Waals surface area contributed by atoms with Crippen LogP contribution in [-0.4, -0.2) is 85.8 Å². The molecule has 268 valence electrons. The first-order chi connectivity index (χ1) is 23.1. The third-order valence-electron chi connectivity index (χ3n) is 10.1. The number of benzene rings is 2. The Morgan fingerprint density at radius 2 is 1.59 bits per heavy atom. The number of nitrogens with one attached hydrogen (secondary N) is 2. The summed E-state index contributed by atoms with van der Waals surface area (Å²) < 4.78 is 27.9. The van der Waals surface area contributed by atoms with Gasteiger partial charge in [0, 0.05) is 73.4 Å². The Hall–Kier alpha value is -2.99. The standard InChI is InChI=1S/C37H52ClN5O5S/c1-25-7-10-32(24-34(25)38)43(36(46)28-15-19-41(20-16-28)26(2)44)18-6-17-42-30-11-12-31(42)23-29(22-30)39-35(45)21-27-8-13-33(14-9-27)49(47,48)40-37(3,4)5/h7-10,13-14,24,28-31,40H,6,11-12,15-23H2,1-5H3,(H,39,45). The van der Waals surface area contributed by atoms with E-state index in [-0.39, 0.29) is 41.0 Å². The summed E-state index contributed by atoms with van der Waals surface area (Å²) in [7, 11) is -3.63. The highest BCUT2D eigenvalue weighted by Gasteiger charge is 2.41. The molecule has 3 aliphatic rings. The number of amides is 3. The van der Waals surface area contributed by atoms with Crippen molar-refractivity contribution in [1.82, 2.24) is 19.8 Å². The molecule has 2 unspecified atom stereocenters. The van der Waals surface area contributed by atoms with Gasteiger partial charge in [-0.2, -0.15) is 0 Å². The number of piperidine rings is 2. The number of likely N-dealkylation sites (tertiary alicyclic amines) is 1. The number of halogens is 1. The first kappa shape index (κ1) is 37.3. The van der Waals surface area contributed by atoms with Crippen LogP contribution in [0.25, 0.3) is 0 Å². The fourth-order valence-electron chi connectivity index (χ4n) is 7.66. The minimum atomic E-state index is -3.63. The average Bonchev–Trinajstić information content (AvgIpc) is 3.26. The van der Waals surface area contributed by atoms with Gasteiger partial charge in [-0.05, 0) is 108 Å². The predicted molar refractivity (Wildman–Crippen MR) is 193 cm³/mol. The van der Waals surface area contributed by atoms with Gasteiger partial charge in [-0.25, -0.2) is 13.1 Å². The SMILES string of the molecule is CC(=O)N1CCC(C(=O)N(CCCN2C3CCC2CC(NC(=O)Cc2ccc(S(=O)(=O)NC(C)(C)C)cc2)C3)c2ccc(C)c(Cl)c2)CC1. The number of hydrogen-bond donors (Lipinski definition) is 2. The number of anilines is 1. The molecule has 2 bridgehead atoms. The van der Waals surface area contributed by atoms with E-state index in [1.54, 1.807) is 52.0 Å². The van der Waals surface area contributed by atoms with Crippen LogP contribution in [0.1, 0.15) is 83.8 Å². The molecule has 0 aromatic heterocycles. The maximum atomic E-state index is 13.9. The van der Waals surface area contributed by atoms with Gasteiger partial charge in [0.15, 0.2) is 0 Å². The van der Waals surface area contributed by atoms with Gasteiger partial charge < -0.3 is 15.1 Å². The van der Waals surface area contributed by atoms with Crippen LogP contribution >= 0.6 is 11.6 Å². The zero-order valence-corrected chi connectivity index (χ0v) is 31.1. The lowest BCUT2D eigenvalue weighted by atomic mass is 9.94. The first-order valence-electron chi connectivity index (χ1n) is 17.6. The molecule has 0 saturated carbocycles. The van der Waals surface area contributed by atoms with Crippen molar-refractivity contribution in [3.05, 3.63) is 58.6 Å². The molecule has 2 atom stereocenters. The van der Waals surface area contributed by atoms with Gasteiger partial charge in [-0.1, -0.05) is 29.8 Å². The fraction of sp³-hybridized carbons (Fsp3) is 0.595. The fourth-order valence-corrected chi connectivity index (χ4v) is 9.25. The minimum Gasteiger partial charge on any atom is -0.353 e. The highest BCUT2D eigenvalue weighted by Crippen LogP contribution is 2.36. The van der Waals surface area contributed by atoms with Crippen molar-refractivity contribution in [1.29, 1.82) is 0 Å². The molecule has 5 rings (SSSR count). The third kappa shape index (κ3) is 9.62. The van der Waals surface area contributed by atoms with Crippen LogP contribution in [0.5, 0.6) is 0 Å². The monoisotopic (exact) mass is 713 g/mol. The number of rotatable bonds is 11. The number of fused-ring (bicyclic) bond motifs is 2. The number of carbonyl (C=O) groups is 3. The lowest BCUT2D eigenvalue weighted by molar-refractivity contribution is -0.133. The molecule has 3 aliphatic heterocycles. The van der Waals surface area contributed by atoms with Gasteiger partial charge in [-0.15, -0.1) is 0 Å². The van der Waals surface area contributed by atoms with Gasteiger partial charge in [0.2, 0.25) is 27.7 Å². The molecule has 3 amide bonds. The van der Waals surface area contributed by atoms with E-state index in [4.69, 9.17) is 11.6 Å². The van der Waals surface area contributed by atoms with Gasteiger partial charge in [0.25, 0.3) is 0 Å². The molecule has 2 aromatic rings. The van der Waals surface area contributed by atoms with E-state index in [1.165, 1.54) is 0 Å². The Balaban J connectivity index is 1.14. The maximum absolute atomic E-state index is 13.9. The Morgan fingerprint density at radius 3 is 2.16 bits per heavy atom. The summed E-state index contributed by atoms with van der Waals surface area (Å²) in [5.41, 5.74) is 1.97. The molecule has 49 heavy (non-hydrogen) atoms. The largest absolute Gasteiger partial charge is 0.353 e. The van der Waals surface area contributed by atoms with Gasteiger partial charge in [0.05, 0.1) is 11.3 Å². The molecule has 2 N–H and O–H groups in total. The van der Waals surface area contributed by atoms with Crippen molar-refractivity contribution >= 4 is 45.0 Å². The second-order valence-corrected chi connectivity index (χ2v) is 17.2. The van der Waals surface area contributed by atoms with Crippen molar-refractivity contribution in [2.75, 3.05) is 31.1 Å². The van der Waals surface area contributed by atoms with Crippen LogP contribution in [0.15, 0.2) is 47.4 Å². The topological polar surface area (TPSA) is 119 Å². The summed E-state index contributed by atoms with van der Waals surface area (Å²) in [5.74, 6) is -0.0189. The van der Waals surface area contributed by atoms with Crippen molar-refractivity contribution in [2.45, 2.75) is 115 Å². The van der Waals surface area contributed by atoms with Crippen LogP contribution in [0, 0.1) is 12.8 Å². The van der Waals surface area contributed by atoms with Crippen molar-refractivity contribution in [2.24, 2.45) is 5.92 Å². The highest BCUT2D eigenvalue weighted by atomic mass is 35.5. The molecular weight excluding hydrogens is 662 g/mol. The summed E-state index contributed by atoms with van der Waals surface area (Å²) in [6.45, 7) is 11.6. The Kier molecular flexibility index (Phi) is 11.8. The zero-order valence-electron chi connectivity index (χ0n) is 29.5. The molecule has 3 fully saturated rings. The molecule has 0 radical (unpaired) electrons. The predicted octanol–water partition coefficient (Wildman–Crippen LogP) is 5.06. The second kappa shape index (κ2) is 15.5. The van der Waals surface area contributed by atoms with Crippen LogP contribution in [-0.2, 0) is 30.8 Å². The molecule has 0 aliphatic carbocycles. The minimum absolute atomic E-state index is 0.0543. The lowest BCUT2D eigenvalue weighted by Crippen LogP contribution is -2.51. The van der Waals surface area contributed by atoms with Crippen molar-refractivity contribution < 1.29 is 22.8 Å². The van der Waals surface area contributed by atoms with Gasteiger partial charge in [0.1, 0.15) is 0 Å². The molecule has 3 heterocycles. The summed E-state index contributed by atoms with van der Waals surface area (Å²) in [4.78, 5) is 45.2. The summed E-state index contributed by atoms with van der Waals surface area (Å²) >= 11 is 6.50. The molecule has 2 aromatic carbocycles. The zero-order chi connectivity index (χ0) is 35.5. The smallest absolute Gasteiger partial charge is 0.241 e. The number of hydrogen-bond acceptors (Lipinski definition) is 6. The van der Waals surface area contributed by atoms with Crippen LogP contribution in [0.2, 0.25) is 5.02 Å². The quantitative estimate of drug-likeness (QED) is 0.336. The van der Waals surface area contributed by atoms with E-state index in [0.29, 0.717) is 49.6 Å². The first-order valence-corrected chi connectivity index (χ1v) is 19.5. The van der Waals surface area contributed by atoms with E-state index in [0.717, 1.165) is 55.5 Å². The second-order valence-electron chi connectivity index (χ2n) is 15.1. The Labute approximate surface area is 297 Å². The number of carbonyl (C=O) groups excluding carboxylic acids is 3. The van der Waals surface area contributed by atoms with Crippen molar-refractivity contribution in [3.8, 4) is 0 Å². The van der Waals surface area contributed by atoms with E-state index < -0.39 is 15.6 Å². The summed E-state index contributed by atoms with van der Waals surface area (Å²) in [6, 6.07) is 13.2. The number of sulfonamides is 1. The van der Waals surface area contributed by atoms with Crippen LogP contribution in [0.4, 0.5) is 5.69 Å². The molecule has 0 spiro atoms. The van der Waals surface area contributed by atoms with E-state index >= 15 is 0 Å². The van der Waals surface area contributed by atoms with E-state index in [2.05, 4.69) is 14.9 Å². The van der Waals surface area contributed by atoms with Crippen LogP contribution < -0.4 is 14.9 Å².